The Hall–Kier alpha value is -0.260. The van der Waals surface area contributed by atoms with Gasteiger partial charge in [-0.3, -0.25) is 0 Å². The number of rotatable bonds is 8. The Morgan fingerprint density at radius 1 is 1.37 bits per heavy atom. The van der Waals surface area contributed by atoms with E-state index in [9.17, 15) is 5.11 Å². The lowest BCUT2D eigenvalue weighted by molar-refractivity contribution is 0.113. The molecule has 3 nitrogen and oxygen atoms in total. The number of halogens is 1. The molecule has 0 radical (unpaired) electrons. The lowest BCUT2D eigenvalue weighted by Gasteiger charge is -2.13. The molecule has 5 heteroatoms. The van der Waals surface area contributed by atoms with Gasteiger partial charge in [-0.05, 0) is 36.2 Å². The highest BCUT2D eigenvalue weighted by Gasteiger charge is 2.08. The molecule has 1 aromatic rings. The van der Waals surface area contributed by atoms with Crippen molar-refractivity contribution in [3.05, 3.63) is 28.8 Å². The molecule has 0 heterocycles. The number of benzene rings is 1. The topological polar surface area (TPSA) is 52.5 Å². The van der Waals surface area contributed by atoms with Crippen molar-refractivity contribution in [1.29, 1.82) is 0 Å². The molecule has 108 valence electrons. The summed E-state index contributed by atoms with van der Waals surface area (Å²) in [6.45, 7) is 5.84. The van der Waals surface area contributed by atoms with Gasteiger partial charge >= 0.3 is 0 Å². The Morgan fingerprint density at radius 2 is 2.11 bits per heavy atom. The summed E-state index contributed by atoms with van der Waals surface area (Å²) in [6, 6.07) is 5.76. The van der Waals surface area contributed by atoms with Gasteiger partial charge in [0.15, 0.2) is 0 Å². The van der Waals surface area contributed by atoms with E-state index in [2.05, 4.69) is 19.2 Å². The van der Waals surface area contributed by atoms with Crippen molar-refractivity contribution < 1.29 is 10.2 Å². The molecule has 0 spiro atoms. The van der Waals surface area contributed by atoms with Crippen LogP contribution in [0.1, 0.15) is 19.4 Å². The highest BCUT2D eigenvalue weighted by molar-refractivity contribution is 7.99. The molecule has 0 aliphatic heterocycles. The second-order valence-electron chi connectivity index (χ2n) is 4.92. The maximum Gasteiger partial charge on any atom is 0.0864 e. The molecule has 3 N–H and O–H groups in total. The molecule has 0 saturated heterocycles. The molecule has 0 fully saturated rings. The van der Waals surface area contributed by atoms with Crippen LogP contribution < -0.4 is 5.32 Å². The number of thioether (sulfide) groups is 1. The third kappa shape index (κ3) is 6.63. The lowest BCUT2D eigenvalue weighted by atomic mass is 10.2. The zero-order valence-electron chi connectivity index (χ0n) is 11.4. The third-order valence-electron chi connectivity index (χ3n) is 2.53. The predicted octanol–water partition coefficient (Wildman–Crippen LogP) is 2.53. The largest absolute Gasteiger partial charge is 0.394 e. The Bertz CT molecular complexity index is 388. The number of aliphatic hydroxyl groups is 2. The van der Waals surface area contributed by atoms with Crippen LogP contribution in [0.4, 0.5) is 0 Å². The van der Waals surface area contributed by atoms with Gasteiger partial charge in [0, 0.05) is 22.2 Å². The van der Waals surface area contributed by atoms with Crippen molar-refractivity contribution >= 4 is 23.4 Å². The van der Waals surface area contributed by atoms with Crippen molar-refractivity contribution in [2.24, 2.45) is 5.92 Å². The molecule has 1 unspecified atom stereocenters. The molecule has 0 amide bonds. The summed E-state index contributed by atoms with van der Waals surface area (Å²) >= 11 is 7.56. The van der Waals surface area contributed by atoms with Crippen molar-refractivity contribution in [1.82, 2.24) is 5.32 Å². The third-order valence-corrected chi connectivity index (χ3v) is 4.03. The molecule has 1 aromatic carbocycles. The smallest absolute Gasteiger partial charge is 0.0864 e. The van der Waals surface area contributed by atoms with Crippen LogP contribution in [-0.4, -0.2) is 35.2 Å². The molecule has 0 aliphatic carbocycles. The minimum absolute atomic E-state index is 0.207. The first-order valence-electron chi connectivity index (χ1n) is 6.43. The summed E-state index contributed by atoms with van der Waals surface area (Å²) in [6.07, 6.45) is -0.683. The summed E-state index contributed by atoms with van der Waals surface area (Å²) < 4.78 is 0. The van der Waals surface area contributed by atoms with Gasteiger partial charge < -0.3 is 15.5 Å². The Morgan fingerprint density at radius 3 is 2.74 bits per heavy atom. The fraction of sp³-hybridized carbons (Fsp3) is 0.571. The molecule has 1 rings (SSSR count). The van der Waals surface area contributed by atoms with Crippen LogP contribution in [0.3, 0.4) is 0 Å². The fourth-order valence-electron chi connectivity index (χ4n) is 1.56. The minimum atomic E-state index is -0.683. The van der Waals surface area contributed by atoms with Crippen molar-refractivity contribution in [2.75, 3.05) is 18.9 Å². The fourth-order valence-corrected chi connectivity index (χ4v) is 2.71. The van der Waals surface area contributed by atoms with E-state index in [-0.39, 0.29) is 6.61 Å². The normalized spacial score (nSPS) is 12.9. The van der Waals surface area contributed by atoms with Crippen LogP contribution in [0, 0.1) is 5.92 Å². The molecule has 0 saturated carbocycles. The highest BCUT2D eigenvalue weighted by atomic mass is 35.5. The Kier molecular flexibility index (Phi) is 7.80. The van der Waals surface area contributed by atoms with E-state index in [1.54, 1.807) is 0 Å². The second kappa shape index (κ2) is 8.82. The molecule has 1 atom stereocenters. The van der Waals surface area contributed by atoms with E-state index >= 15 is 0 Å². The monoisotopic (exact) mass is 303 g/mol. The molecule has 0 aromatic heterocycles. The zero-order valence-corrected chi connectivity index (χ0v) is 13.0. The standard InChI is InChI=1S/C14H22ClNO2S/c1-10(2)6-16-7-11-5-12(15)3-4-14(11)19-9-13(18)8-17/h3-5,10,13,16-18H,6-9H2,1-2H3. The Labute approximate surface area is 124 Å². The first-order chi connectivity index (χ1) is 9.02. The number of hydrogen-bond donors (Lipinski definition) is 3. The van der Waals surface area contributed by atoms with Crippen LogP contribution in [0.15, 0.2) is 23.1 Å². The van der Waals surface area contributed by atoms with Crippen LogP contribution in [-0.2, 0) is 6.54 Å². The predicted molar refractivity (Wildman–Crippen MR) is 81.8 cm³/mol. The molecular weight excluding hydrogens is 282 g/mol. The van der Waals surface area contributed by atoms with Crippen LogP contribution >= 0.6 is 23.4 Å². The van der Waals surface area contributed by atoms with E-state index in [0.717, 1.165) is 23.5 Å². The van der Waals surface area contributed by atoms with Crippen LogP contribution in [0.2, 0.25) is 5.02 Å². The van der Waals surface area contributed by atoms with Gasteiger partial charge in [0.25, 0.3) is 0 Å². The molecule has 0 aliphatic rings. The molecule has 0 bridgehead atoms. The van der Waals surface area contributed by atoms with Gasteiger partial charge in [-0.25, -0.2) is 0 Å². The number of hydrogen-bond acceptors (Lipinski definition) is 4. The van der Waals surface area contributed by atoms with Crippen LogP contribution in [0.5, 0.6) is 0 Å². The maximum absolute atomic E-state index is 9.40. The van der Waals surface area contributed by atoms with E-state index in [4.69, 9.17) is 16.7 Å². The average molecular weight is 304 g/mol. The zero-order chi connectivity index (χ0) is 14.3. The van der Waals surface area contributed by atoms with Gasteiger partial charge in [-0.2, -0.15) is 0 Å². The summed E-state index contributed by atoms with van der Waals surface area (Å²) in [5.74, 6) is 1.08. The Balaban J connectivity index is 2.63. The van der Waals surface area contributed by atoms with E-state index < -0.39 is 6.10 Å². The summed E-state index contributed by atoms with van der Waals surface area (Å²) in [5.41, 5.74) is 1.13. The van der Waals surface area contributed by atoms with Gasteiger partial charge in [0.05, 0.1) is 12.7 Å². The lowest BCUT2D eigenvalue weighted by Crippen LogP contribution is -2.19. The summed E-state index contributed by atoms with van der Waals surface area (Å²) in [7, 11) is 0. The van der Waals surface area contributed by atoms with E-state index in [0.29, 0.717) is 16.7 Å². The maximum atomic E-state index is 9.40. The average Bonchev–Trinajstić information content (AvgIpc) is 2.37. The van der Waals surface area contributed by atoms with Crippen LogP contribution in [0.25, 0.3) is 0 Å². The number of nitrogens with one attached hydrogen (secondary N) is 1. The van der Waals surface area contributed by atoms with Crippen molar-refractivity contribution in [2.45, 2.75) is 31.4 Å². The highest BCUT2D eigenvalue weighted by Crippen LogP contribution is 2.26. The van der Waals surface area contributed by atoms with E-state index in [1.165, 1.54) is 11.8 Å². The first-order valence-corrected chi connectivity index (χ1v) is 7.80. The van der Waals surface area contributed by atoms with Crippen molar-refractivity contribution in [3.8, 4) is 0 Å². The summed E-state index contributed by atoms with van der Waals surface area (Å²) in [4.78, 5) is 1.09. The molecule has 19 heavy (non-hydrogen) atoms. The quantitative estimate of drug-likeness (QED) is 0.646. The SMILES string of the molecule is CC(C)CNCc1cc(Cl)ccc1SCC(O)CO. The van der Waals surface area contributed by atoms with Gasteiger partial charge in [0.2, 0.25) is 0 Å². The number of aliphatic hydroxyl groups excluding tert-OH is 2. The van der Waals surface area contributed by atoms with E-state index in [1.807, 2.05) is 18.2 Å². The van der Waals surface area contributed by atoms with Gasteiger partial charge in [-0.1, -0.05) is 25.4 Å². The van der Waals surface area contributed by atoms with Gasteiger partial charge in [-0.15, -0.1) is 11.8 Å². The van der Waals surface area contributed by atoms with Gasteiger partial charge in [0.1, 0.15) is 0 Å². The molecular formula is C14H22ClNO2S. The van der Waals surface area contributed by atoms with Crippen molar-refractivity contribution in [3.63, 3.8) is 0 Å². The second-order valence-corrected chi connectivity index (χ2v) is 6.42. The summed E-state index contributed by atoms with van der Waals surface area (Å²) in [5, 5.41) is 22.3. The first kappa shape index (κ1) is 16.8. The minimum Gasteiger partial charge on any atom is -0.394 e.